The average Bonchev–Trinajstić information content (AvgIpc) is 2.16. The molecule has 0 heterocycles. The first-order valence-corrected chi connectivity index (χ1v) is 4.96. The minimum Gasteiger partial charge on any atom is -0.321 e. The molecule has 2 N–H and O–H groups in total. The molecule has 0 aliphatic rings. The number of nitrogens with zero attached hydrogens (tertiary/aromatic N) is 1. The summed E-state index contributed by atoms with van der Waals surface area (Å²) < 4.78 is 0.341. The zero-order valence-corrected chi connectivity index (χ0v) is 9.52. The Morgan fingerprint density at radius 3 is 2.67 bits per heavy atom. The summed E-state index contributed by atoms with van der Waals surface area (Å²) in [4.78, 5) is 21.5. The van der Waals surface area contributed by atoms with Gasteiger partial charge >= 0.3 is 0 Å². The van der Waals surface area contributed by atoms with Gasteiger partial charge in [0.1, 0.15) is 0 Å². The second-order valence-corrected chi connectivity index (χ2v) is 3.93. The molecule has 80 valence electrons. The van der Waals surface area contributed by atoms with Gasteiger partial charge in [-0.15, -0.1) is 0 Å². The normalized spacial score (nSPS) is 12.2. The van der Waals surface area contributed by atoms with E-state index in [1.807, 2.05) is 0 Å². The summed E-state index contributed by atoms with van der Waals surface area (Å²) in [5.74, 6) is -0.314. The maximum atomic E-state index is 11.5. The van der Waals surface area contributed by atoms with Crippen molar-refractivity contribution in [1.82, 2.24) is 0 Å². The predicted octanol–water partition coefficient (Wildman–Crippen LogP) is 1.89. The molecule has 0 saturated heterocycles. The number of hydrogen-bond donors (Lipinski definition) is 1. The van der Waals surface area contributed by atoms with E-state index in [-0.39, 0.29) is 17.0 Å². The van der Waals surface area contributed by atoms with Gasteiger partial charge in [-0.3, -0.25) is 14.9 Å². The lowest BCUT2D eigenvalue weighted by Crippen LogP contribution is -2.26. The van der Waals surface area contributed by atoms with Gasteiger partial charge in [0.15, 0.2) is 5.78 Å². The molecule has 0 spiro atoms. The van der Waals surface area contributed by atoms with E-state index in [4.69, 9.17) is 5.73 Å². The van der Waals surface area contributed by atoms with Gasteiger partial charge in [0, 0.05) is 11.6 Å². The SMILES string of the molecule is CC(N)C(=O)c1ccc(Br)c([N+](=O)[O-])c1. The number of carbonyl (C=O) groups excluding carboxylic acids is 1. The third-order valence-corrected chi connectivity index (χ3v) is 2.51. The number of ketones is 1. The lowest BCUT2D eigenvalue weighted by Gasteiger charge is -2.04. The highest BCUT2D eigenvalue weighted by molar-refractivity contribution is 9.10. The maximum absolute atomic E-state index is 11.5. The number of hydrogen-bond acceptors (Lipinski definition) is 4. The quantitative estimate of drug-likeness (QED) is 0.517. The molecule has 0 amide bonds. The number of nitro groups is 1. The van der Waals surface area contributed by atoms with E-state index in [0.29, 0.717) is 4.47 Å². The molecule has 1 unspecified atom stereocenters. The van der Waals surface area contributed by atoms with Crippen LogP contribution in [-0.2, 0) is 0 Å². The van der Waals surface area contributed by atoms with Crippen molar-refractivity contribution in [2.24, 2.45) is 5.73 Å². The molecule has 0 fully saturated rings. The summed E-state index contributed by atoms with van der Waals surface area (Å²) in [6.45, 7) is 1.54. The lowest BCUT2D eigenvalue weighted by atomic mass is 10.1. The summed E-state index contributed by atoms with van der Waals surface area (Å²) in [5, 5.41) is 10.6. The summed E-state index contributed by atoms with van der Waals surface area (Å²) in [6, 6.07) is 3.53. The van der Waals surface area contributed by atoms with Crippen molar-refractivity contribution in [3.8, 4) is 0 Å². The van der Waals surface area contributed by atoms with Crippen molar-refractivity contribution in [3.05, 3.63) is 38.3 Å². The van der Waals surface area contributed by atoms with Crippen LogP contribution in [0.3, 0.4) is 0 Å². The van der Waals surface area contributed by atoms with Crippen LogP contribution >= 0.6 is 15.9 Å². The van der Waals surface area contributed by atoms with Gasteiger partial charge in [0.05, 0.1) is 15.4 Å². The molecule has 0 radical (unpaired) electrons. The Morgan fingerprint density at radius 1 is 1.60 bits per heavy atom. The second kappa shape index (κ2) is 4.50. The summed E-state index contributed by atoms with van der Waals surface area (Å²) >= 11 is 3.03. The van der Waals surface area contributed by atoms with Crippen LogP contribution in [0.4, 0.5) is 5.69 Å². The number of nitrogens with two attached hydrogens (primary N) is 1. The molecule has 1 aromatic carbocycles. The number of halogens is 1. The Hall–Kier alpha value is -1.27. The minimum atomic E-state index is -0.661. The second-order valence-electron chi connectivity index (χ2n) is 3.08. The summed E-state index contributed by atoms with van der Waals surface area (Å²) in [6.07, 6.45) is 0. The maximum Gasteiger partial charge on any atom is 0.284 e. The van der Waals surface area contributed by atoms with E-state index in [1.165, 1.54) is 25.1 Å². The Kier molecular flexibility index (Phi) is 3.54. The van der Waals surface area contributed by atoms with Crippen LogP contribution in [0.1, 0.15) is 17.3 Å². The molecule has 1 atom stereocenters. The van der Waals surface area contributed by atoms with Gasteiger partial charge in [-0.05, 0) is 35.0 Å². The van der Waals surface area contributed by atoms with Gasteiger partial charge in [-0.25, -0.2) is 0 Å². The minimum absolute atomic E-state index is 0.137. The van der Waals surface area contributed by atoms with Crippen LogP contribution in [-0.4, -0.2) is 16.7 Å². The predicted molar refractivity (Wildman–Crippen MR) is 58.8 cm³/mol. The average molecular weight is 273 g/mol. The van der Waals surface area contributed by atoms with Crippen molar-refractivity contribution in [2.75, 3.05) is 0 Å². The Labute approximate surface area is 94.5 Å². The molecular formula is C9H9BrN2O3. The largest absolute Gasteiger partial charge is 0.321 e. The molecular weight excluding hydrogens is 264 g/mol. The van der Waals surface area contributed by atoms with Gasteiger partial charge < -0.3 is 5.73 Å². The zero-order valence-electron chi connectivity index (χ0n) is 7.94. The van der Waals surface area contributed by atoms with Crippen molar-refractivity contribution in [3.63, 3.8) is 0 Å². The fourth-order valence-electron chi connectivity index (χ4n) is 1.07. The van der Waals surface area contributed by atoms with Crippen LogP contribution in [0.5, 0.6) is 0 Å². The topological polar surface area (TPSA) is 86.2 Å². The highest BCUT2D eigenvalue weighted by Crippen LogP contribution is 2.25. The van der Waals surface area contributed by atoms with Gasteiger partial charge in [0.2, 0.25) is 0 Å². The standard InChI is InChI=1S/C9H9BrN2O3/c1-5(11)9(13)6-2-3-7(10)8(4-6)12(14)15/h2-5H,11H2,1H3. The first-order valence-electron chi connectivity index (χ1n) is 4.17. The van der Waals surface area contributed by atoms with Crippen LogP contribution in [0.2, 0.25) is 0 Å². The number of nitro benzene ring substituents is 1. The van der Waals surface area contributed by atoms with E-state index >= 15 is 0 Å². The third kappa shape index (κ3) is 2.60. The van der Waals surface area contributed by atoms with E-state index in [2.05, 4.69) is 15.9 Å². The number of rotatable bonds is 3. The highest BCUT2D eigenvalue weighted by Gasteiger charge is 2.17. The first-order chi connectivity index (χ1) is 6.93. The van der Waals surface area contributed by atoms with Gasteiger partial charge in [0.25, 0.3) is 5.69 Å². The smallest absolute Gasteiger partial charge is 0.284 e. The van der Waals surface area contributed by atoms with Crippen LogP contribution in [0.25, 0.3) is 0 Å². The van der Waals surface area contributed by atoms with E-state index in [1.54, 1.807) is 0 Å². The van der Waals surface area contributed by atoms with Crippen molar-refractivity contribution < 1.29 is 9.72 Å². The molecule has 15 heavy (non-hydrogen) atoms. The first kappa shape index (κ1) is 11.8. The van der Waals surface area contributed by atoms with Gasteiger partial charge in [-0.1, -0.05) is 0 Å². The number of benzene rings is 1. The molecule has 0 aliphatic carbocycles. The molecule has 1 rings (SSSR count). The van der Waals surface area contributed by atoms with E-state index in [0.717, 1.165) is 0 Å². The fraction of sp³-hybridized carbons (Fsp3) is 0.222. The molecule has 1 aromatic rings. The molecule has 0 aromatic heterocycles. The van der Waals surface area contributed by atoms with Crippen molar-refractivity contribution >= 4 is 27.4 Å². The Morgan fingerprint density at radius 2 is 2.20 bits per heavy atom. The molecule has 6 heteroatoms. The Balaban J connectivity index is 3.19. The summed E-state index contributed by atoms with van der Waals surface area (Å²) in [7, 11) is 0. The summed E-state index contributed by atoms with van der Waals surface area (Å²) in [5.41, 5.74) is 5.51. The van der Waals surface area contributed by atoms with E-state index < -0.39 is 11.0 Å². The van der Waals surface area contributed by atoms with Crippen LogP contribution in [0.15, 0.2) is 22.7 Å². The molecule has 0 saturated carbocycles. The zero-order chi connectivity index (χ0) is 11.6. The van der Waals surface area contributed by atoms with Crippen molar-refractivity contribution in [1.29, 1.82) is 0 Å². The number of Topliss-reactive ketones (excluding diaryl/α,β-unsaturated/α-hetero) is 1. The molecule has 0 bridgehead atoms. The van der Waals surface area contributed by atoms with Gasteiger partial charge in [-0.2, -0.15) is 0 Å². The Bertz CT molecular complexity index is 418. The number of carbonyl (C=O) groups is 1. The van der Waals surface area contributed by atoms with Crippen LogP contribution < -0.4 is 5.73 Å². The van der Waals surface area contributed by atoms with E-state index in [9.17, 15) is 14.9 Å². The monoisotopic (exact) mass is 272 g/mol. The van der Waals surface area contributed by atoms with Crippen LogP contribution in [0, 0.1) is 10.1 Å². The highest BCUT2D eigenvalue weighted by atomic mass is 79.9. The molecule has 5 nitrogen and oxygen atoms in total. The molecule has 0 aliphatic heterocycles. The fourth-order valence-corrected chi connectivity index (χ4v) is 1.46. The third-order valence-electron chi connectivity index (χ3n) is 1.84. The van der Waals surface area contributed by atoms with Crippen molar-refractivity contribution in [2.45, 2.75) is 13.0 Å². The lowest BCUT2D eigenvalue weighted by molar-refractivity contribution is -0.385.